The number of fused-ring (bicyclic) bond motifs is 1. The maximum absolute atomic E-state index is 13.2. The summed E-state index contributed by atoms with van der Waals surface area (Å²) in [6.45, 7) is -0.414. The van der Waals surface area contributed by atoms with Crippen LogP contribution in [0.15, 0.2) is 90.0 Å². The van der Waals surface area contributed by atoms with Crippen molar-refractivity contribution in [1.82, 2.24) is 14.6 Å². The SMILES string of the molecule is COc1cc(S(C)(=O)=O)ccc1Nc1nc2ccc(-c3ccc(NC(=O)C(CO)c4ccc(F)cc4)cc3)cn2n1. The normalized spacial score (nSPS) is 12.2. The molecular formula is C29H26FN5O5S. The van der Waals surface area contributed by atoms with Crippen molar-refractivity contribution in [2.24, 2.45) is 0 Å². The Morgan fingerprint density at radius 1 is 1.02 bits per heavy atom. The Bertz CT molecular complexity index is 1820. The summed E-state index contributed by atoms with van der Waals surface area (Å²) in [5.74, 6) is -1.02. The molecule has 0 saturated heterocycles. The van der Waals surface area contributed by atoms with Crippen LogP contribution >= 0.6 is 0 Å². The molecule has 0 radical (unpaired) electrons. The predicted octanol–water partition coefficient (Wildman–Crippen LogP) is 4.41. The van der Waals surface area contributed by atoms with Crippen LogP contribution in [0.25, 0.3) is 16.8 Å². The van der Waals surface area contributed by atoms with Crippen molar-refractivity contribution in [2.45, 2.75) is 10.8 Å². The molecule has 0 fully saturated rings. The molecule has 1 atom stereocenters. The third-order valence-electron chi connectivity index (χ3n) is 6.44. The second kappa shape index (κ2) is 11.4. The lowest BCUT2D eigenvalue weighted by Crippen LogP contribution is -2.23. The van der Waals surface area contributed by atoms with Gasteiger partial charge in [-0.25, -0.2) is 17.3 Å². The Morgan fingerprint density at radius 2 is 1.73 bits per heavy atom. The van der Waals surface area contributed by atoms with E-state index in [2.05, 4.69) is 20.7 Å². The number of methoxy groups -OCH3 is 1. The molecule has 1 amide bonds. The number of ether oxygens (including phenoxy) is 1. The third kappa shape index (κ3) is 6.18. The van der Waals surface area contributed by atoms with E-state index in [0.29, 0.717) is 34.3 Å². The molecule has 10 nitrogen and oxygen atoms in total. The second-order valence-electron chi connectivity index (χ2n) is 9.27. The molecule has 5 aromatic rings. The summed E-state index contributed by atoms with van der Waals surface area (Å²) in [7, 11) is -1.94. The Morgan fingerprint density at radius 3 is 2.39 bits per heavy atom. The summed E-state index contributed by atoms with van der Waals surface area (Å²) in [6.07, 6.45) is 2.93. The molecule has 0 spiro atoms. The molecule has 2 heterocycles. The highest BCUT2D eigenvalue weighted by molar-refractivity contribution is 7.90. The smallest absolute Gasteiger partial charge is 0.247 e. The van der Waals surface area contributed by atoms with Gasteiger partial charge in [0.25, 0.3) is 0 Å². The minimum absolute atomic E-state index is 0.138. The molecule has 2 aromatic heterocycles. The number of aliphatic hydroxyl groups excluding tert-OH is 1. The molecule has 5 rings (SSSR count). The molecule has 12 heteroatoms. The van der Waals surface area contributed by atoms with Gasteiger partial charge in [-0.3, -0.25) is 4.79 Å². The molecular weight excluding hydrogens is 549 g/mol. The molecule has 0 saturated carbocycles. The summed E-state index contributed by atoms with van der Waals surface area (Å²) >= 11 is 0. The van der Waals surface area contributed by atoms with Crippen LogP contribution in [0, 0.1) is 5.82 Å². The van der Waals surface area contributed by atoms with Gasteiger partial charge in [-0.1, -0.05) is 24.3 Å². The number of aliphatic hydroxyl groups is 1. The number of pyridine rings is 1. The molecule has 1 unspecified atom stereocenters. The van der Waals surface area contributed by atoms with Gasteiger partial charge in [-0.15, -0.1) is 5.10 Å². The van der Waals surface area contributed by atoms with Crippen LogP contribution in [-0.2, 0) is 14.6 Å². The van der Waals surface area contributed by atoms with Crippen LogP contribution in [0.5, 0.6) is 5.75 Å². The zero-order valence-electron chi connectivity index (χ0n) is 22.1. The first-order chi connectivity index (χ1) is 19.6. The fraction of sp³-hybridized carbons (Fsp3) is 0.138. The third-order valence-corrected chi connectivity index (χ3v) is 7.55. The highest BCUT2D eigenvalue weighted by Crippen LogP contribution is 2.30. The Labute approximate surface area is 235 Å². The fourth-order valence-corrected chi connectivity index (χ4v) is 4.88. The standard InChI is InChI=1S/C29H26FN5O5S/c1-40-26-15-23(41(2,38)39)12-13-25(26)32-29-33-27-14-7-20(16-35(27)34-29)18-5-10-22(11-6-18)31-28(37)24(17-36)19-3-8-21(30)9-4-19/h3-16,24,36H,17H2,1-2H3,(H,31,37)(H,32,34). The topological polar surface area (TPSA) is 135 Å². The van der Waals surface area contributed by atoms with E-state index in [1.54, 1.807) is 28.9 Å². The fourth-order valence-electron chi connectivity index (χ4n) is 4.24. The molecule has 3 aromatic carbocycles. The van der Waals surface area contributed by atoms with Gasteiger partial charge in [0, 0.05) is 29.8 Å². The number of aromatic nitrogens is 3. The van der Waals surface area contributed by atoms with E-state index in [-0.39, 0.29) is 4.90 Å². The average molecular weight is 576 g/mol. The van der Waals surface area contributed by atoms with Crippen molar-refractivity contribution >= 4 is 38.7 Å². The first-order valence-electron chi connectivity index (χ1n) is 12.4. The van der Waals surface area contributed by atoms with Crippen molar-refractivity contribution in [2.75, 3.05) is 30.6 Å². The number of benzene rings is 3. The summed E-state index contributed by atoms with van der Waals surface area (Å²) < 4.78 is 43.9. The van der Waals surface area contributed by atoms with Crippen molar-refractivity contribution in [1.29, 1.82) is 0 Å². The van der Waals surface area contributed by atoms with Crippen LogP contribution in [0.2, 0.25) is 0 Å². The van der Waals surface area contributed by atoms with E-state index in [0.717, 1.165) is 17.4 Å². The van der Waals surface area contributed by atoms with E-state index in [9.17, 15) is 22.7 Å². The maximum atomic E-state index is 13.2. The van der Waals surface area contributed by atoms with Crippen molar-refractivity contribution in [3.8, 4) is 16.9 Å². The predicted molar refractivity (Wildman–Crippen MR) is 153 cm³/mol. The van der Waals surface area contributed by atoms with Crippen LogP contribution in [0.3, 0.4) is 0 Å². The Hall–Kier alpha value is -4.81. The first-order valence-corrected chi connectivity index (χ1v) is 14.3. The number of halogens is 1. The molecule has 0 aliphatic rings. The van der Waals surface area contributed by atoms with Crippen molar-refractivity contribution in [3.63, 3.8) is 0 Å². The van der Waals surface area contributed by atoms with Crippen molar-refractivity contribution in [3.05, 3.63) is 96.4 Å². The van der Waals surface area contributed by atoms with Crippen LogP contribution in [-0.4, -0.2) is 54.0 Å². The maximum Gasteiger partial charge on any atom is 0.247 e. The van der Waals surface area contributed by atoms with Crippen LogP contribution < -0.4 is 15.4 Å². The minimum Gasteiger partial charge on any atom is -0.495 e. The number of sulfone groups is 1. The zero-order valence-corrected chi connectivity index (χ0v) is 22.9. The first kappa shape index (κ1) is 27.7. The summed E-state index contributed by atoms with van der Waals surface area (Å²) in [5.41, 5.74) is 3.87. The Kier molecular flexibility index (Phi) is 7.68. The van der Waals surface area contributed by atoms with Gasteiger partial charge in [0.15, 0.2) is 15.5 Å². The number of carbonyl (C=O) groups is 1. The van der Waals surface area contributed by atoms with Gasteiger partial charge >= 0.3 is 0 Å². The van der Waals surface area contributed by atoms with Crippen molar-refractivity contribution < 1.29 is 27.4 Å². The largest absolute Gasteiger partial charge is 0.495 e. The second-order valence-corrected chi connectivity index (χ2v) is 11.3. The average Bonchev–Trinajstić information content (AvgIpc) is 3.36. The van der Waals surface area contributed by atoms with Gasteiger partial charge < -0.3 is 20.5 Å². The Balaban J connectivity index is 1.31. The molecule has 210 valence electrons. The van der Waals surface area contributed by atoms with Gasteiger partial charge in [-0.05, 0) is 59.7 Å². The molecule has 0 aliphatic carbocycles. The van der Waals surface area contributed by atoms with Gasteiger partial charge in [0.05, 0.1) is 30.2 Å². The number of anilines is 3. The summed E-state index contributed by atoms with van der Waals surface area (Å²) in [6, 6.07) is 20.8. The molecule has 0 aliphatic heterocycles. The monoisotopic (exact) mass is 575 g/mol. The number of nitrogens with one attached hydrogen (secondary N) is 2. The number of nitrogens with zero attached hydrogens (tertiary/aromatic N) is 3. The minimum atomic E-state index is -3.39. The number of carbonyl (C=O) groups excluding carboxylic acids is 1. The van der Waals surface area contributed by atoms with E-state index in [1.165, 1.54) is 43.5 Å². The molecule has 3 N–H and O–H groups in total. The van der Waals surface area contributed by atoms with Crippen LogP contribution in [0.1, 0.15) is 11.5 Å². The number of hydrogen-bond donors (Lipinski definition) is 3. The van der Waals surface area contributed by atoms with E-state index in [1.807, 2.05) is 24.3 Å². The van der Waals surface area contributed by atoms with E-state index >= 15 is 0 Å². The molecule has 0 bridgehead atoms. The van der Waals surface area contributed by atoms with Gasteiger partial charge in [0.1, 0.15) is 11.6 Å². The number of amides is 1. The highest BCUT2D eigenvalue weighted by Gasteiger charge is 2.20. The lowest BCUT2D eigenvalue weighted by atomic mass is 9.99. The number of hydrogen-bond acceptors (Lipinski definition) is 8. The summed E-state index contributed by atoms with van der Waals surface area (Å²) in [4.78, 5) is 17.3. The van der Waals surface area contributed by atoms with E-state index in [4.69, 9.17) is 4.74 Å². The lowest BCUT2D eigenvalue weighted by Gasteiger charge is -2.15. The lowest BCUT2D eigenvalue weighted by molar-refractivity contribution is -0.118. The van der Waals surface area contributed by atoms with Gasteiger partial charge in [0.2, 0.25) is 11.9 Å². The quantitative estimate of drug-likeness (QED) is 0.235. The van der Waals surface area contributed by atoms with E-state index < -0.39 is 34.1 Å². The van der Waals surface area contributed by atoms with Gasteiger partial charge in [-0.2, -0.15) is 4.98 Å². The number of rotatable bonds is 9. The zero-order chi connectivity index (χ0) is 29.1. The molecule has 41 heavy (non-hydrogen) atoms. The summed E-state index contributed by atoms with van der Waals surface area (Å²) in [5, 5.41) is 20.1. The highest BCUT2D eigenvalue weighted by atomic mass is 32.2. The van der Waals surface area contributed by atoms with Crippen LogP contribution in [0.4, 0.5) is 21.7 Å².